The molecule has 0 amide bonds. The molecule has 3 nitrogen and oxygen atoms in total. The van der Waals surface area contributed by atoms with E-state index in [9.17, 15) is 0 Å². The first-order chi connectivity index (χ1) is 7.00. The Morgan fingerprint density at radius 3 is 2.87 bits per heavy atom. The van der Waals surface area contributed by atoms with E-state index in [4.69, 9.17) is 33.7 Å². The molecule has 15 heavy (non-hydrogen) atoms. The predicted molar refractivity (Wildman–Crippen MR) is 64.2 cm³/mol. The van der Waals surface area contributed by atoms with Crippen molar-refractivity contribution < 1.29 is 4.74 Å². The maximum atomic E-state index is 6.10. The molecule has 0 aromatic heterocycles. The minimum absolute atomic E-state index is 0.0814. The predicted octanol–water partition coefficient (Wildman–Crippen LogP) is 2.79. The van der Waals surface area contributed by atoms with E-state index in [0.29, 0.717) is 21.5 Å². The van der Waals surface area contributed by atoms with Gasteiger partial charge in [0.2, 0.25) is 0 Å². The van der Waals surface area contributed by atoms with Crippen LogP contribution in [0.4, 0.5) is 11.4 Å². The van der Waals surface area contributed by atoms with Gasteiger partial charge in [-0.05, 0) is 13.0 Å². The highest BCUT2D eigenvalue weighted by Crippen LogP contribution is 2.46. The van der Waals surface area contributed by atoms with Gasteiger partial charge in [-0.1, -0.05) is 23.2 Å². The van der Waals surface area contributed by atoms with E-state index in [2.05, 4.69) is 0 Å². The number of benzene rings is 1. The summed E-state index contributed by atoms with van der Waals surface area (Å²) in [7, 11) is 1.95. The van der Waals surface area contributed by atoms with Crippen LogP contribution in [0.1, 0.15) is 6.92 Å². The van der Waals surface area contributed by atoms with Crippen LogP contribution in [0.5, 0.6) is 5.75 Å². The van der Waals surface area contributed by atoms with Crippen molar-refractivity contribution in [3.05, 3.63) is 16.1 Å². The summed E-state index contributed by atoms with van der Waals surface area (Å²) in [6.07, 6.45) is 0.0814. The highest BCUT2D eigenvalue weighted by molar-refractivity contribution is 6.38. The number of likely N-dealkylation sites (N-methyl/N-ethyl adjacent to an activating group) is 1. The third-order valence-corrected chi connectivity index (χ3v) is 3.09. The van der Waals surface area contributed by atoms with Crippen LogP contribution in [0.2, 0.25) is 10.0 Å². The van der Waals surface area contributed by atoms with E-state index < -0.39 is 0 Å². The van der Waals surface area contributed by atoms with Gasteiger partial charge in [-0.2, -0.15) is 0 Å². The SMILES string of the molecule is CC1CN(C)c2c(Cl)cc(N)c(Cl)c2O1. The summed E-state index contributed by atoms with van der Waals surface area (Å²) in [6.45, 7) is 2.76. The lowest BCUT2D eigenvalue weighted by Gasteiger charge is -2.33. The Kier molecular flexibility index (Phi) is 2.61. The standard InChI is InChI=1S/C10H12Cl2N2O/c1-5-4-14(2)9-6(11)3-7(13)8(12)10(9)15-5/h3,5H,4,13H2,1-2H3. The Bertz CT molecular complexity index is 409. The Morgan fingerprint density at radius 1 is 1.53 bits per heavy atom. The molecule has 5 heteroatoms. The average Bonchev–Trinajstić information content (AvgIpc) is 2.12. The third-order valence-electron chi connectivity index (χ3n) is 2.41. The number of nitrogens with zero attached hydrogens (tertiary/aromatic N) is 1. The minimum atomic E-state index is 0.0814. The van der Waals surface area contributed by atoms with E-state index in [1.807, 2.05) is 18.9 Å². The number of halogens is 2. The lowest BCUT2D eigenvalue weighted by atomic mass is 10.2. The highest BCUT2D eigenvalue weighted by atomic mass is 35.5. The van der Waals surface area contributed by atoms with Gasteiger partial charge in [0.1, 0.15) is 11.1 Å². The second-order valence-corrected chi connectivity index (χ2v) is 4.53. The van der Waals surface area contributed by atoms with E-state index in [1.54, 1.807) is 6.07 Å². The van der Waals surface area contributed by atoms with Crippen molar-refractivity contribution in [2.45, 2.75) is 13.0 Å². The third kappa shape index (κ3) is 1.70. The van der Waals surface area contributed by atoms with Crippen molar-refractivity contribution >= 4 is 34.6 Å². The van der Waals surface area contributed by atoms with Crippen molar-refractivity contribution in [1.82, 2.24) is 0 Å². The van der Waals surface area contributed by atoms with Gasteiger partial charge in [0, 0.05) is 7.05 Å². The summed E-state index contributed by atoms with van der Waals surface area (Å²) in [6, 6.07) is 1.65. The Balaban J connectivity index is 2.63. The van der Waals surface area contributed by atoms with Gasteiger partial charge in [-0.15, -0.1) is 0 Å². The second kappa shape index (κ2) is 3.65. The van der Waals surface area contributed by atoms with Crippen LogP contribution in [-0.2, 0) is 0 Å². The molecule has 82 valence electrons. The normalized spacial score (nSPS) is 19.7. The van der Waals surface area contributed by atoms with Gasteiger partial charge in [-0.25, -0.2) is 0 Å². The van der Waals surface area contributed by atoms with Crippen molar-refractivity contribution in [1.29, 1.82) is 0 Å². The van der Waals surface area contributed by atoms with Crippen molar-refractivity contribution in [2.24, 2.45) is 0 Å². The van der Waals surface area contributed by atoms with Crippen LogP contribution < -0.4 is 15.4 Å². The van der Waals surface area contributed by atoms with Gasteiger partial charge in [0.05, 0.1) is 22.9 Å². The summed E-state index contributed by atoms with van der Waals surface area (Å²) >= 11 is 12.2. The molecule has 2 rings (SSSR count). The second-order valence-electron chi connectivity index (χ2n) is 3.75. The topological polar surface area (TPSA) is 38.5 Å². The molecule has 0 aliphatic carbocycles. The largest absolute Gasteiger partial charge is 0.485 e. The van der Waals surface area contributed by atoms with Crippen LogP contribution >= 0.6 is 23.2 Å². The first kappa shape index (κ1) is 10.7. The minimum Gasteiger partial charge on any atom is -0.485 e. The number of fused-ring (bicyclic) bond motifs is 1. The van der Waals surface area contributed by atoms with Crippen LogP contribution in [0.25, 0.3) is 0 Å². The number of nitrogen functional groups attached to an aromatic ring is 1. The quantitative estimate of drug-likeness (QED) is 0.716. The van der Waals surface area contributed by atoms with Gasteiger partial charge < -0.3 is 15.4 Å². The molecule has 0 radical (unpaired) electrons. The molecule has 0 saturated heterocycles. The van der Waals surface area contributed by atoms with Crippen LogP contribution in [0.15, 0.2) is 6.07 Å². The molecule has 1 atom stereocenters. The average molecular weight is 247 g/mol. The fourth-order valence-electron chi connectivity index (χ4n) is 1.79. The van der Waals surface area contributed by atoms with E-state index in [0.717, 1.165) is 12.2 Å². The van der Waals surface area contributed by atoms with Crippen LogP contribution in [0, 0.1) is 0 Å². The van der Waals surface area contributed by atoms with E-state index in [1.165, 1.54) is 0 Å². The number of rotatable bonds is 0. The summed E-state index contributed by atoms with van der Waals surface area (Å²) < 4.78 is 5.66. The maximum absolute atomic E-state index is 6.10. The lowest BCUT2D eigenvalue weighted by molar-refractivity contribution is 0.216. The molecule has 1 aliphatic heterocycles. The number of ether oxygens (including phenoxy) is 1. The first-order valence-corrected chi connectivity index (χ1v) is 5.41. The zero-order valence-corrected chi connectivity index (χ0v) is 10.1. The number of hydrogen-bond donors (Lipinski definition) is 1. The van der Waals surface area contributed by atoms with E-state index in [-0.39, 0.29) is 6.10 Å². The smallest absolute Gasteiger partial charge is 0.165 e. The molecule has 0 saturated carbocycles. The zero-order chi connectivity index (χ0) is 11.2. The maximum Gasteiger partial charge on any atom is 0.165 e. The van der Waals surface area contributed by atoms with Crippen LogP contribution in [-0.4, -0.2) is 19.7 Å². The Labute approximate surface area is 98.7 Å². The molecule has 1 aromatic rings. The van der Waals surface area contributed by atoms with Crippen LogP contribution in [0.3, 0.4) is 0 Å². The lowest BCUT2D eigenvalue weighted by Crippen LogP contribution is -2.36. The van der Waals surface area contributed by atoms with Gasteiger partial charge >= 0.3 is 0 Å². The fraction of sp³-hybridized carbons (Fsp3) is 0.400. The summed E-state index contributed by atoms with van der Waals surface area (Å²) in [4.78, 5) is 2.02. The Morgan fingerprint density at radius 2 is 2.20 bits per heavy atom. The van der Waals surface area contributed by atoms with Gasteiger partial charge in [0.25, 0.3) is 0 Å². The first-order valence-electron chi connectivity index (χ1n) is 4.66. The molecule has 1 heterocycles. The molecule has 1 unspecified atom stereocenters. The number of nitrogens with two attached hydrogens (primary N) is 1. The summed E-state index contributed by atoms with van der Waals surface area (Å²) in [5.74, 6) is 0.586. The Hall–Kier alpha value is -0.800. The zero-order valence-electron chi connectivity index (χ0n) is 8.55. The van der Waals surface area contributed by atoms with Gasteiger partial charge in [0.15, 0.2) is 5.75 Å². The molecule has 1 aliphatic rings. The van der Waals surface area contributed by atoms with E-state index >= 15 is 0 Å². The molecular formula is C10H12Cl2N2O. The fourth-order valence-corrected chi connectivity index (χ4v) is 2.33. The monoisotopic (exact) mass is 246 g/mol. The molecule has 1 aromatic carbocycles. The molecule has 0 fully saturated rings. The summed E-state index contributed by atoms with van der Waals surface area (Å²) in [5.41, 5.74) is 6.98. The molecule has 0 bridgehead atoms. The van der Waals surface area contributed by atoms with Crippen molar-refractivity contribution in [2.75, 3.05) is 24.2 Å². The highest BCUT2D eigenvalue weighted by Gasteiger charge is 2.26. The molecular weight excluding hydrogens is 235 g/mol. The number of anilines is 2. The summed E-state index contributed by atoms with van der Waals surface area (Å²) in [5, 5.41) is 1.01. The van der Waals surface area contributed by atoms with Crippen molar-refractivity contribution in [3.8, 4) is 5.75 Å². The molecule has 0 spiro atoms. The van der Waals surface area contributed by atoms with Gasteiger partial charge in [-0.3, -0.25) is 0 Å². The molecule has 2 N–H and O–H groups in total. The number of hydrogen-bond acceptors (Lipinski definition) is 3. The van der Waals surface area contributed by atoms with Crippen molar-refractivity contribution in [3.63, 3.8) is 0 Å².